The smallest absolute Gasteiger partial charge is 0.471 e. The maximum absolute atomic E-state index is 12.2. The van der Waals surface area contributed by atoms with Crippen LogP contribution < -0.4 is 10.1 Å². The molecule has 0 saturated carbocycles. The number of halogens is 3. The number of hydrogen-bond acceptors (Lipinski definition) is 3. The number of alkyl halides is 3. The molecule has 0 bridgehead atoms. The molecule has 8 heteroatoms. The van der Waals surface area contributed by atoms with Crippen LogP contribution in [0.5, 0.6) is 5.75 Å². The summed E-state index contributed by atoms with van der Waals surface area (Å²) < 4.78 is 41.6. The zero-order chi connectivity index (χ0) is 14.6. The number of rotatable bonds is 4. The Morgan fingerprint density at radius 3 is 2.47 bits per heavy atom. The summed E-state index contributed by atoms with van der Waals surface area (Å²) in [6.07, 6.45) is -5.12. The minimum atomic E-state index is -5.12. The van der Waals surface area contributed by atoms with Crippen molar-refractivity contribution < 1.29 is 32.6 Å². The van der Waals surface area contributed by atoms with Gasteiger partial charge in [-0.05, 0) is 19.1 Å². The maximum Gasteiger partial charge on any atom is 0.471 e. The molecule has 1 amide bonds. The van der Waals surface area contributed by atoms with Gasteiger partial charge in [-0.2, -0.15) is 13.2 Å². The number of aromatic carboxylic acids is 1. The van der Waals surface area contributed by atoms with Gasteiger partial charge in [0.2, 0.25) is 0 Å². The van der Waals surface area contributed by atoms with E-state index in [1.54, 1.807) is 6.92 Å². The fraction of sp³-hybridized carbons (Fsp3) is 0.273. The number of carbonyl (C=O) groups excluding carboxylic acids is 1. The molecule has 1 rings (SSSR count). The van der Waals surface area contributed by atoms with E-state index in [4.69, 9.17) is 9.84 Å². The Balaban J connectivity index is 3.21. The van der Waals surface area contributed by atoms with Gasteiger partial charge in [0.15, 0.2) is 0 Å². The SMILES string of the molecule is CCOc1cccc(C(=O)O)c1NC(=O)C(F)(F)F. The van der Waals surface area contributed by atoms with E-state index in [9.17, 15) is 22.8 Å². The minimum absolute atomic E-state index is 0.109. The van der Waals surface area contributed by atoms with Gasteiger partial charge in [-0.3, -0.25) is 4.79 Å². The molecule has 0 fully saturated rings. The van der Waals surface area contributed by atoms with Crippen molar-refractivity contribution in [3.8, 4) is 5.75 Å². The molecule has 1 aromatic carbocycles. The van der Waals surface area contributed by atoms with E-state index < -0.39 is 29.3 Å². The van der Waals surface area contributed by atoms with Crippen molar-refractivity contribution in [2.75, 3.05) is 11.9 Å². The second-order valence-corrected chi connectivity index (χ2v) is 3.37. The molecule has 0 spiro atoms. The Morgan fingerprint density at radius 2 is 2.00 bits per heavy atom. The first kappa shape index (κ1) is 14.8. The van der Waals surface area contributed by atoms with Crippen LogP contribution in [0.4, 0.5) is 18.9 Å². The van der Waals surface area contributed by atoms with Crippen LogP contribution >= 0.6 is 0 Å². The number of amides is 1. The number of nitrogens with one attached hydrogen (secondary N) is 1. The molecule has 0 aromatic heterocycles. The van der Waals surface area contributed by atoms with Crippen LogP contribution in [0.2, 0.25) is 0 Å². The summed E-state index contributed by atoms with van der Waals surface area (Å²) in [5.41, 5.74) is -0.997. The number of hydrogen-bond donors (Lipinski definition) is 2. The fourth-order valence-electron chi connectivity index (χ4n) is 1.30. The van der Waals surface area contributed by atoms with Crippen molar-refractivity contribution in [1.82, 2.24) is 0 Å². The van der Waals surface area contributed by atoms with Crippen molar-refractivity contribution in [2.45, 2.75) is 13.1 Å². The van der Waals surface area contributed by atoms with Gasteiger partial charge in [-0.15, -0.1) is 0 Å². The van der Waals surface area contributed by atoms with Gasteiger partial charge in [0, 0.05) is 0 Å². The first-order valence-electron chi connectivity index (χ1n) is 5.14. The summed E-state index contributed by atoms with van der Waals surface area (Å²) in [4.78, 5) is 21.8. The van der Waals surface area contributed by atoms with Crippen molar-refractivity contribution >= 4 is 17.6 Å². The highest BCUT2D eigenvalue weighted by Crippen LogP contribution is 2.30. The molecular formula is C11H10F3NO4. The zero-order valence-corrected chi connectivity index (χ0v) is 9.75. The summed E-state index contributed by atoms with van der Waals surface area (Å²) in [5.74, 6) is -3.87. The molecule has 0 aliphatic heterocycles. The van der Waals surface area contributed by atoms with Gasteiger partial charge in [-0.1, -0.05) is 6.07 Å². The molecular weight excluding hydrogens is 267 g/mol. The second-order valence-electron chi connectivity index (χ2n) is 3.37. The van der Waals surface area contributed by atoms with Crippen LogP contribution in [0.1, 0.15) is 17.3 Å². The third-order valence-corrected chi connectivity index (χ3v) is 2.05. The summed E-state index contributed by atoms with van der Waals surface area (Å²) in [6, 6.07) is 3.64. The quantitative estimate of drug-likeness (QED) is 0.885. The van der Waals surface area contributed by atoms with Gasteiger partial charge in [0.1, 0.15) is 5.75 Å². The lowest BCUT2D eigenvalue weighted by Gasteiger charge is -2.14. The molecule has 5 nitrogen and oxygen atoms in total. The van der Waals surface area contributed by atoms with Crippen LogP contribution in [-0.2, 0) is 4.79 Å². The maximum atomic E-state index is 12.2. The van der Waals surface area contributed by atoms with E-state index in [1.165, 1.54) is 17.4 Å². The lowest BCUT2D eigenvalue weighted by molar-refractivity contribution is -0.167. The zero-order valence-electron chi connectivity index (χ0n) is 9.75. The van der Waals surface area contributed by atoms with E-state index in [0.29, 0.717) is 0 Å². The molecule has 0 radical (unpaired) electrons. The Morgan fingerprint density at radius 1 is 1.37 bits per heavy atom. The summed E-state index contributed by atoms with van der Waals surface area (Å²) in [7, 11) is 0. The van der Waals surface area contributed by atoms with Gasteiger partial charge in [0.25, 0.3) is 0 Å². The van der Waals surface area contributed by atoms with Crippen LogP contribution in [0.15, 0.2) is 18.2 Å². The average Bonchev–Trinajstić information content (AvgIpc) is 2.29. The van der Waals surface area contributed by atoms with Crippen molar-refractivity contribution in [2.24, 2.45) is 0 Å². The third kappa shape index (κ3) is 3.60. The number of para-hydroxylation sites is 1. The van der Waals surface area contributed by atoms with E-state index in [0.717, 1.165) is 6.07 Å². The normalized spacial score (nSPS) is 10.9. The Bertz CT molecular complexity index is 499. The lowest BCUT2D eigenvalue weighted by atomic mass is 10.1. The van der Waals surface area contributed by atoms with Gasteiger partial charge in [-0.25, -0.2) is 4.79 Å². The van der Waals surface area contributed by atoms with E-state index >= 15 is 0 Å². The van der Waals surface area contributed by atoms with Crippen molar-refractivity contribution in [3.63, 3.8) is 0 Å². The molecule has 0 aliphatic carbocycles. The molecule has 1 aromatic rings. The highest BCUT2D eigenvalue weighted by Gasteiger charge is 2.39. The van der Waals surface area contributed by atoms with Gasteiger partial charge in [0.05, 0.1) is 17.9 Å². The number of anilines is 1. The molecule has 19 heavy (non-hydrogen) atoms. The largest absolute Gasteiger partial charge is 0.492 e. The highest BCUT2D eigenvalue weighted by atomic mass is 19.4. The van der Waals surface area contributed by atoms with Gasteiger partial charge >= 0.3 is 18.1 Å². The molecule has 0 atom stereocenters. The number of carboxylic acids is 1. The second kappa shape index (κ2) is 5.59. The Kier molecular flexibility index (Phi) is 4.36. The van der Waals surface area contributed by atoms with E-state index in [2.05, 4.69) is 0 Å². The predicted molar refractivity (Wildman–Crippen MR) is 59.3 cm³/mol. The van der Waals surface area contributed by atoms with E-state index in [-0.39, 0.29) is 12.4 Å². The average molecular weight is 277 g/mol. The summed E-state index contributed by atoms with van der Waals surface area (Å²) in [6.45, 7) is 1.68. The molecule has 2 N–H and O–H groups in total. The van der Waals surface area contributed by atoms with E-state index in [1.807, 2.05) is 0 Å². The van der Waals surface area contributed by atoms with Crippen LogP contribution in [0.3, 0.4) is 0 Å². The Hall–Kier alpha value is -2.25. The summed E-state index contributed by atoms with van der Waals surface area (Å²) >= 11 is 0. The van der Waals surface area contributed by atoms with Crippen molar-refractivity contribution in [3.05, 3.63) is 23.8 Å². The van der Waals surface area contributed by atoms with Crippen LogP contribution in [-0.4, -0.2) is 29.8 Å². The molecule has 0 unspecified atom stereocenters. The highest BCUT2D eigenvalue weighted by molar-refractivity contribution is 6.03. The monoisotopic (exact) mass is 277 g/mol. The Labute approximate surface area is 106 Å². The fourth-order valence-corrected chi connectivity index (χ4v) is 1.30. The van der Waals surface area contributed by atoms with Crippen LogP contribution in [0.25, 0.3) is 0 Å². The lowest BCUT2D eigenvalue weighted by Crippen LogP contribution is -2.30. The predicted octanol–water partition coefficient (Wildman–Crippen LogP) is 2.28. The minimum Gasteiger partial charge on any atom is -0.492 e. The first-order valence-corrected chi connectivity index (χ1v) is 5.14. The topological polar surface area (TPSA) is 75.6 Å². The third-order valence-electron chi connectivity index (χ3n) is 2.05. The molecule has 0 saturated heterocycles. The number of carbonyl (C=O) groups is 2. The summed E-state index contributed by atoms with van der Waals surface area (Å²) in [5, 5.41) is 10.4. The standard InChI is InChI=1S/C11H10F3NO4/c1-2-19-7-5-3-4-6(9(16)17)8(7)15-10(18)11(12,13)14/h3-5H,2H2,1H3,(H,15,18)(H,16,17). The molecule has 0 aliphatic rings. The van der Waals surface area contributed by atoms with Crippen LogP contribution in [0, 0.1) is 0 Å². The number of carboxylic acid groups (broad SMARTS) is 1. The molecule has 0 heterocycles. The number of benzene rings is 1. The first-order chi connectivity index (χ1) is 8.77. The van der Waals surface area contributed by atoms with Gasteiger partial charge < -0.3 is 15.2 Å². The van der Waals surface area contributed by atoms with Crippen molar-refractivity contribution in [1.29, 1.82) is 0 Å². The number of ether oxygens (including phenoxy) is 1. The molecule has 104 valence electrons.